The summed E-state index contributed by atoms with van der Waals surface area (Å²) in [5, 5.41) is 3.12. The average Bonchev–Trinajstić information content (AvgIpc) is 2.69. The Hall–Kier alpha value is -3.31. The average molecular weight is 410 g/mol. The lowest BCUT2D eigenvalue weighted by Gasteiger charge is -2.10. The lowest BCUT2D eigenvalue weighted by molar-refractivity contribution is -0.136. The summed E-state index contributed by atoms with van der Waals surface area (Å²) in [5.41, 5.74) is 3.02. The van der Waals surface area contributed by atoms with Gasteiger partial charge in [-0.2, -0.15) is 0 Å². The van der Waals surface area contributed by atoms with Crippen LogP contribution in [-0.2, 0) is 4.79 Å². The van der Waals surface area contributed by atoms with E-state index in [0.29, 0.717) is 27.8 Å². The number of amides is 1. The lowest BCUT2D eigenvalue weighted by Crippen LogP contribution is -2.18. The number of aryl methyl sites for hydroxylation is 2. The van der Waals surface area contributed by atoms with Gasteiger partial charge in [-0.05, 0) is 61.9 Å². The first kappa shape index (κ1) is 20.4. The number of nitrogens with one attached hydrogen (secondary N) is 1. The molecule has 0 radical (unpaired) electrons. The zero-order valence-electron chi connectivity index (χ0n) is 16.1. The fraction of sp³-hybridized carbons (Fsp3) is 0.130. The monoisotopic (exact) mass is 409 g/mol. The number of carbonyl (C=O) groups is 2. The number of halogens is 1. The first-order valence-electron chi connectivity index (χ1n) is 8.99. The second-order valence-corrected chi connectivity index (χ2v) is 6.90. The van der Waals surface area contributed by atoms with Gasteiger partial charge in [0, 0.05) is 5.69 Å². The number of anilines is 1. The molecule has 0 bridgehead atoms. The van der Waals surface area contributed by atoms with E-state index in [2.05, 4.69) is 5.32 Å². The van der Waals surface area contributed by atoms with Gasteiger partial charge in [-0.3, -0.25) is 4.79 Å². The summed E-state index contributed by atoms with van der Waals surface area (Å²) in [7, 11) is 0. The van der Waals surface area contributed by atoms with Gasteiger partial charge in [0.2, 0.25) is 0 Å². The van der Waals surface area contributed by atoms with E-state index in [1.54, 1.807) is 48.5 Å². The number of benzene rings is 3. The Balaban J connectivity index is 1.54. The van der Waals surface area contributed by atoms with Gasteiger partial charge in [-0.15, -0.1) is 0 Å². The van der Waals surface area contributed by atoms with Crippen LogP contribution in [0.2, 0.25) is 5.02 Å². The minimum absolute atomic E-state index is 0.200. The van der Waals surface area contributed by atoms with Crippen molar-refractivity contribution in [2.75, 3.05) is 11.9 Å². The van der Waals surface area contributed by atoms with E-state index in [-0.39, 0.29) is 12.5 Å². The number of carbonyl (C=O) groups excluding carboxylic acids is 2. The highest BCUT2D eigenvalue weighted by atomic mass is 35.5. The van der Waals surface area contributed by atoms with Crippen molar-refractivity contribution < 1.29 is 19.1 Å². The summed E-state index contributed by atoms with van der Waals surface area (Å²) in [6, 6.07) is 19.0. The van der Waals surface area contributed by atoms with Gasteiger partial charge in [0.15, 0.2) is 6.61 Å². The zero-order valence-corrected chi connectivity index (χ0v) is 16.8. The van der Waals surface area contributed by atoms with Gasteiger partial charge < -0.3 is 14.8 Å². The Kier molecular flexibility index (Phi) is 6.52. The van der Waals surface area contributed by atoms with Crippen LogP contribution in [0.1, 0.15) is 21.5 Å². The van der Waals surface area contributed by atoms with Crippen molar-refractivity contribution in [1.82, 2.24) is 0 Å². The fourth-order valence-electron chi connectivity index (χ4n) is 2.71. The molecule has 148 valence electrons. The molecule has 0 aromatic heterocycles. The number of esters is 1. The van der Waals surface area contributed by atoms with Crippen LogP contribution in [0.5, 0.6) is 11.5 Å². The Bertz CT molecular complexity index is 1030. The van der Waals surface area contributed by atoms with Gasteiger partial charge in [0.1, 0.15) is 11.5 Å². The molecule has 0 fully saturated rings. The molecule has 0 aliphatic heterocycles. The van der Waals surface area contributed by atoms with E-state index in [0.717, 1.165) is 11.1 Å². The van der Waals surface area contributed by atoms with E-state index >= 15 is 0 Å². The van der Waals surface area contributed by atoms with Gasteiger partial charge in [-0.25, -0.2) is 4.79 Å². The van der Waals surface area contributed by atoms with E-state index < -0.39 is 5.97 Å². The molecule has 3 aromatic rings. The Labute approximate surface area is 174 Å². The van der Waals surface area contributed by atoms with Crippen LogP contribution in [0.15, 0.2) is 66.7 Å². The van der Waals surface area contributed by atoms with Crippen LogP contribution < -0.4 is 14.8 Å². The first-order valence-corrected chi connectivity index (χ1v) is 9.37. The van der Waals surface area contributed by atoms with Crippen LogP contribution >= 0.6 is 11.6 Å². The third-order valence-corrected chi connectivity index (χ3v) is 4.47. The number of ether oxygens (including phenoxy) is 2. The number of hydrogen-bond acceptors (Lipinski definition) is 4. The summed E-state index contributed by atoms with van der Waals surface area (Å²) < 4.78 is 10.8. The van der Waals surface area contributed by atoms with Crippen molar-refractivity contribution in [2.24, 2.45) is 0 Å². The second kappa shape index (κ2) is 9.26. The molecule has 0 atom stereocenters. The van der Waals surface area contributed by atoms with E-state index in [4.69, 9.17) is 21.1 Å². The normalized spacial score (nSPS) is 10.3. The summed E-state index contributed by atoms with van der Waals surface area (Å²) in [4.78, 5) is 24.3. The number of hydrogen-bond donors (Lipinski definition) is 1. The highest BCUT2D eigenvalue weighted by molar-refractivity contribution is 6.34. The van der Waals surface area contributed by atoms with Crippen molar-refractivity contribution in [3.63, 3.8) is 0 Å². The molecule has 0 saturated heterocycles. The molecule has 3 rings (SSSR count). The Morgan fingerprint density at radius 3 is 2.38 bits per heavy atom. The third kappa shape index (κ3) is 5.59. The fourth-order valence-corrected chi connectivity index (χ4v) is 2.93. The van der Waals surface area contributed by atoms with Crippen LogP contribution in [0.3, 0.4) is 0 Å². The smallest absolute Gasteiger partial charge is 0.349 e. The largest absolute Gasteiger partial charge is 0.482 e. The molecule has 0 aliphatic rings. The maximum atomic E-state index is 12.3. The predicted molar refractivity (Wildman–Crippen MR) is 113 cm³/mol. The molecule has 1 amide bonds. The predicted octanol–water partition coefficient (Wildman–Crippen LogP) is 5.19. The van der Waals surface area contributed by atoms with Crippen LogP contribution in [0.25, 0.3) is 0 Å². The van der Waals surface area contributed by atoms with Crippen LogP contribution in [-0.4, -0.2) is 18.5 Å². The molecule has 6 heteroatoms. The van der Waals surface area contributed by atoms with Gasteiger partial charge in [0.05, 0.1) is 10.6 Å². The lowest BCUT2D eigenvalue weighted by atomic mass is 10.1. The minimum atomic E-state index is -0.516. The molecule has 3 aromatic carbocycles. The summed E-state index contributed by atoms with van der Waals surface area (Å²) in [6.07, 6.45) is 0. The van der Waals surface area contributed by atoms with Crippen LogP contribution in [0.4, 0.5) is 5.69 Å². The first-order chi connectivity index (χ1) is 13.9. The van der Waals surface area contributed by atoms with Gasteiger partial charge in [-0.1, -0.05) is 41.4 Å². The van der Waals surface area contributed by atoms with E-state index in [1.165, 1.54) is 0 Å². The molecule has 0 heterocycles. The molecule has 29 heavy (non-hydrogen) atoms. The maximum Gasteiger partial charge on any atom is 0.349 e. The molecule has 0 spiro atoms. The highest BCUT2D eigenvalue weighted by Crippen LogP contribution is 2.21. The van der Waals surface area contributed by atoms with Crippen molar-refractivity contribution >= 4 is 29.2 Å². The van der Waals surface area contributed by atoms with Crippen molar-refractivity contribution in [3.8, 4) is 11.5 Å². The minimum Gasteiger partial charge on any atom is -0.482 e. The van der Waals surface area contributed by atoms with Gasteiger partial charge in [0.25, 0.3) is 5.91 Å². The summed E-state index contributed by atoms with van der Waals surface area (Å²) in [6.45, 7) is 3.71. The molecule has 0 saturated carbocycles. The topological polar surface area (TPSA) is 64.6 Å². The SMILES string of the molecule is Cc1ccc(OCC(=O)Oc2ccc(NC(=O)c3ccccc3Cl)cc2)c(C)c1. The Morgan fingerprint density at radius 2 is 1.69 bits per heavy atom. The standard InChI is InChI=1S/C23H20ClNO4/c1-15-7-12-21(16(2)13-15)28-14-22(26)29-18-10-8-17(9-11-18)25-23(27)19-5-3-4-6-20(19)24/h3-13H,14H2,1-2H3,(H,25,27). The van der Waals surface area contributed by atoms with Crippen molar-refractivity contribution in [3.05, 3.63) is 88.4 Å². The third-order valence-electron chi connectivity index (χ3n) is 4.14. The second-order valence-electron chi connectivity index (χ2n) is 6.49. The van der Waals surface area contributed by atoms with Crippen LogP contribution in [0, 0.1) is 13.8 Å². The zero-order chi connectivity index (χ0) is 20.8. The molecular weight excluding hydrogens is 390 g/mol. The summed E-state index contributed by atoms with van der Waals surface area (Å²) in [5.74, 6) is 0.167. The maximum absolute atomic E-state index is 12.3. The number of rotatable bonds is 6. The molecular formula is C23H20ClNO4. The summed E-state index contributed by atoms with van der Waals surface area (Å²) >= 11 is 6.03. The molecule has 1 N–H and O–H groups in total. The molecule has 0 aliphatic carbocycles. The molecule has 0 unspecified atom stereocenters. The highest BCUT2D eigenvalue weighted by Gasteiger charge is 2.11. The quantitative estimate of drug-likeness (QED) is 0.449. The van der Waals surface area contributed by atoms with Crippen molar-refractivity contribution in [1.29, 1.82) is 0 Å². The molecule has 5 nitrogen and oxygen atoms in total. The van der Waals surface area contributed by atoms with E-state index in [1.807, 2.05) is 32.0 Å². The van der Waals surface area contributed by atoms with Gasteiger partial charge >= 0.3 is 5.97 Å². The van der Waals surface area contributed by atoms with Crippen molar-refractivity contribution in [2.45, 2.75) is 13.8 Å². The Morgan fingerprint density at radius 1 is 0.966 bits per heavy atom. The van der Waals surface area contributed by atoms with E-state index in [9.17, 15) is 9.59 Å².